The van der Waals surface area contributed by atoms with Crippen LogP contribution in [0.15, 0.2) is 72.9 Å². The quantitative estimate of drug-likeness (QED) is 0.143. The number of rotatable bonds is 9. The minimum atomic E-state index is -1.37. The predicted molar refractivity (Wildman–Crippen MR) is 177 cm³/mol. The zero-order valence-electron chi connectivity index (χ0n) is 27.7. The molecule has 3 heterocycles. The van der Waals surface area contributed by atoms with E-state index in [0.29, 0.717) is 17.0 Å². The third-order valence-electron chi connectivity index (χ3n) is 8.15. The van der Waals surface area contributed by atoms with Gasteiger partial charge in [-0.05, 0) is 34.5 Å². The predicted octanol–water partition coefficient (Wildman–Crippen LogP) is 3.77. The van der Waals surface area contributed by atoms with E-state index in [1.165, 1.54) is 17.8 Å². The van der Waals surface area contributed by atoms with E-state index in [1.807, 2.05) is 72.8 Å². The van der Waals surface area contributed by atoms with Crippen LogP contribution in [0.2, 0.25) is 0 Å². The summed E-state index contributed by atoms with van der Waals surface area (Å²) in [6.45, 7) is 4.26. The van der Waals surface area contributed by atoms with E-state index >= 15 is 0 Å². The lowest BCUT2D eigenvalue weighted by atomic mass is 9.97. The average molecular weight is 683 g/mol. The molecule has 0 N–H and O–H groups in total. The monoisotopic (exact) mass is 682 g/mol. The van der Waals surface area contributed by atoms with Crippen LogP contribution in [0.3, 0.4) is 0 Å². The van der Waals surface area contributed by atoms with Crippen molar-refractivity contribution in [2.24, 2.45) is 0 Å². The molecular formula is C36H34N4O10. The van der Waals surface area contributed by atoms with Crippen LogP contribution in [0.5, 0.6) is 0 Å². The Balaban J connectivity index is 1.31. The maximum Gasteiger partial charge on any atom is 0.303 e. The summed E-state index contributed by atoms with van der Waals surface area (Å²) in [6, 6.07) is 21.4. The summed E-state index contributed by atoms with van der Waals surface area (Å²) in [6.07, 6.45) is -3.13. The fourth-order valence-electron chi connectivity index (χ4n) is 6.16. The molecule has 0 saturated carbocycles. The zero-order valence-corrected chi connectivity index (χ0v) is 27.7. The Labute approximate surface area is 286 Å². The molecule has 0 spiro atoms. The number of carbonyl (C=O) groups excluding carboxylic acids is 5. The van der Waals surface area contributed by atoms with Crippen LogP contribution in [-0.4, -0.2) is 75.8 Å². The van der Waals surface area contributed by atoms with Gasteiger partial charge >= 0.3 is 23.9 Å². The molecule has 0 aliphatic carbocycles. The number of hydrogen-bond donors (Lipinski definition) is 0. The molecule has 2 aliphatic rings. The molecule has 1 saturated heterocycles. The second kappa shape index (κ2) is 14.3. The number of hydrogen-bond acceptors (Lipinski definition) is 12. The lowest BCUT2D eigenvalue weighted by Crippen LogP contribution is -2.60. The van der Waals surface area contributed by atoms with E-state index in [2.05, 4.69) is 10.3 Å². The summed E-state index contributed by atoms with van der Waals surface area (Å²) in [7, 11) is 0. The van der Waals surface area contributed by atoms with Crippen LogP contribution >= 0.6 is 0 Å². The maximum absolute atomic E-state index is 13.9. The Morgan fingerprint density at radius 1 is 0.800 bits per heavy atom. The molecule has 258 valence electrons. The fourth-order valence-corrected chi connectivity index (χ4v) is 6.16. The summed E-state index contributed by atoms with van der Waals surface area (Å²) in [5.74, 6) is -3.11. The van der Waals surface area contributed by atoms with Gasteiger partial charge in [0, 0.05) is 38.8 Å². The second-order valence-corrected chi connectivity index (χ2v) is 11.9. The van der Waals surface area contributed by atoms with Crippen molar-refractivity contribution in [1.82, 2.24) is 15.0 Å². The minimum absolute atomic E-state index is 0.0240. The first-order valence-electron chi connectivity index (χ1n) is 15.8. The molecular weight excluding hydrogens is 648 g/mol. The summed E-state index contributed by atoms with van der Waals surface area (Å²) >= 11 is 0. The summed E-state index contributed by atoms with van der Waals surface area (Å²) in [4.78, 5) is 63.8. The van der Waals surface area contributed by atoms with E-state index in [0.717, 1.165) is 42.7 Å². The number of anilines is 1. The minimum Gasteiger partial charge on any atom is -0.463 e. The topological polar surface area (TPSA) is 165 Å². The van der Waals surface area contributed by atoms with Crippen LogP contribution in [-0.2, 0) is 54.2 Å². The van der Waals surface area contributed by atoms with Gasteiger partial charge in [-0.25, -0.2) is 4.68 Å². The van der Waals surface area contributed by atoms with Crippen LogP contribution in [0.25, 0.3) is 22.4 Å². The Morgan fingerprint density at radius 3 is 2.18 bits per heavy atom. The van der Waals surface area contributed by atoms with Crippen molar-refractivity contribution < 1.29 is 47.7 Å². The van der Waals surface area contributed by atoms with Crippen LogP contribution in [0, 0.1) is 0 Å². The molecule has 0 unspecified atom stereocenters. The SMILES string of the molecule is CC(=O)OC[C@H]1O[C@@H](n2cc(CN3C(=O)/C(=C\c4ccc5ccccc5c4)c4ccccc43)nn2)[C@H](OC(C)=O)[C@@H](OC(C)=O)[C@@H]1OC(C)=O. The largest absolute Gasteiger partial charge is 0.463 e. The van der Waals surface area contributed by atoms with Gasteiger partial charge in [0.1, 0.15) is 18.4 Å². The van der Waals surface area contributed by atoms with Gasteiger partial charge in [0.05, 0.1) is 18.4 Å². The van der Waals surface area contributed by atoms with Gasteiger partial charge in [0.25, 0.3) is 5.91 Å². The van der Waals surface area contributed by atoms with Crippen molar-refractivity contribution in [1.29, 1.82) is 0 Å². The van der Waals surface area contributed by atoms with Gasteiger partial charge in [0.2, 0.25) is 0 Å². The number of benzene rings is 3. The van der Waals surface area contributed by atoms with Crippen molar-refractivity contribution in [3.05, 3.63) is 89.7 Å². The molecule has 1 amide bonds. The van der Waals surface area contributed by atoms with Crippen LogP contribution < -0.4 is 4.90 Å². The highest BCUT2D eigenvalue weighted by Crippen LogP contribution is 2.39. The number of carbonyl (C=O) groups is 5. The molecule has 14 nitrogen and oxygen atoms in total. The second-order valence-electron chi connectivity index (χ2n) is 11.9. The molecule has 2 aliphatic heterocycles. The number of para-hydroxylation sites is 1. The van der Waals surface area contributed by atoms with E-state index in [4.69, 9.17) is 23.7 Å². The van der Waals surface area contributed by atoms with Gasteiger partial charge in [-0.3, -0.25) is 24.0 Å². The van der Waals surface area contributed by atoms with E-state index in [-0.39, 0.29) is 19.1 Å². The Morgan fingerprint density at radius 2 is 1.46 bits per heavy atom. The summed E-state index contributed by atoms with van der Waals surface area (Å²) in [5, 5.41) is 10.6. The van der Waals surface area contributed by atoms with E-state index in [1.54, 1.807) is 4.90 Å². The summed E-state index contributed by atoms with van der Waals surface area (Å²) in [5.41, 5.74) is 3.19. The smallest absolute Gasteiger partial charge is 0.303 e. The highest BCUT2D eigenvalue weighted by atomic mass is 16.7. The summed E-state index contributed by atoms with van der Waals surface area (Å²) < 4.78 is 29.1. The number of esters is 4. The lowest BCUT2D eigenvalue weighted by Gasteiger charge is -2.44. The molecule has 14 heteroatoms. The van der Waals surface area contributed by atoms with Gasteiger partial charge in [0.15, 0.2) is 24.5 Å². The Kier molecular flexibility index (Phi) is 9.72. The number of aromatic nitrogens is 3. The molecule has 50 heavy (non-hydrogen) atoms. The normalized spacial score (nSPS) is 22.2. The Hall–Kier alpha value is -5.89. The first-order valence-corrected chi connectivity index (χ1v) is 15.8. The van der Waals surface area contributed by atoms with Crippen molar-refractivity contribution >= 4 is 57.9 Å². The van der Waals surface area contributed by atoms with Crippen molar-refractivity contribution in [2.45, 2.75) is 64.9 Å². The third kappa shape index (κ3) is 7.25. The number of nitrogens with zero attached hydrogens (tertiary/aromatic N) is 4. The molecule has 1 fully saturated rings. The van der Waals surface area contributed by atoms with Crippen molar-refractivity contribution in [3.8, 4) is 0 Å². The first-order chi connectivity index (χ1) is 24.0. The lowest BCUT2D eigenvalue weighted by molar-refractivity contribution is -0.270. The fraction of sp³-hybridized carbons (Fsp3) is 0.306. The molecule has 3 aromatic carbocycles. The molecule has 4 aromatic rings. The number of ether oxygens (including phenoxy) is 5. The van der Waals surface area contributed by atoms with E-state index < -0.39 is 54.5 Å². The molecule has 1 aromatic heterocycles. The van der Waals surface area contributed by atoms with Crippen LogP contribution in [0.4, 0.5) is 5.69 Å². The van der Waals surface area contributed by atoms with Gasteiger partial charge in [-0.2, -0.15) is 0 Å². The van der Waals surface area contributed by atoms with Crippen LogP contribution in [0.1, 0.15) is 50.7 Å². The molecule has 5 atom stereocenters. The third-order valence-corrected chi connectivity index (χ3v) is 8.15. The van der Waals surface area contributed by atoms with E-state index in [9.17, 15) is 24.0 Å². The number of amides is 1. The average Bonchev–Trinajstić information content (AvgIpc) is 3.64. The highest BCUT2D eigenvalue weighted by Gasteiger charge is 2.53. The standard InChI is InChI=1S/C36H34N4O10/c1-20(41)46-19-31-32(47-21(2)42)33(48-22(3)43)34(49-23(4)44)36(50-31)40-18-27(37-38-40)17-39-30-12-8-7-11-28(30)29(35(39)45)16-24-13-14-25-9-5-6-10-26(25)15-24/h5-16,18,31-34,36H,17,19H2,1-4H3/b29-16-/t31-,32-,33+,34-,36-/m1/s1. The molecule has 6 rings (SSSR count). The van der Waals surface area contributed by atoms with Gasteiger partial charge in [-0.1, -0.05) is 59.8 Å². The highest BCUT2D eigenvalue weighted by molar-refractivity contribution is 6.35. The van der Waals surface area contributed by atoms with Crippen molar-refractivity contribution in [3.63, 3.8) is 0 Å². The molecule has 0 radical (unpaired) electrons. The molecule has 0 bridgehead atoms. The first kappa shape index (κ1) is 34.0. The number of fused-ring (bicyclic) bond motifs is 2. The van der Waals surface area contributed by atoms with Crippen molar-refractivity contribution in [2.75, 3.05) is 11.5 Å². The Bertz CT molecular complexity index is 2010. The van der Waals surface area contributed by atoms with Gasteiger partial charge in [-0.15, -0.1) is 5.10 Å². The zero-order chi connectivity index (χ0) is 35.5. The maximum atomic E-state index is 13.9. The van der Waals surface area contributed by atoms with Gasteiger partial charge < -0.3 is 28.6 Å².